The molecular weight excluding hydrogens is 364 g/mol. The lowest BCUT2D eigenvalue weighted by molar-refractivity contribution is -0.123. The van der Waals surface area contributed by atoms with E-state index in [-0.39, 0.29) is 23.5 Å². The molecule has 4 fully saturated rings. The summed E-state index contributed by atoms with van der Waals surface area (Å²) in [5, 5.41) is 10.7. The van der Waals surface area contributed by atoms with Crippen LogP contribution in [0.2, 0.25) is 5.02 Å². The molecule has 148 valence electrons. The van der Waals surface area contributed by atoms with Gasteiger partial charge in [-0.05, 0) is 55.3 Å². The van der Waals surface area contributed by atoms with Crippen LogP contribution in [0, 0.1) is 23.2 Å². The third-order valence-electron chi connectivity index (χ3n) is 7.44. The molecule has 5 rings (SSSR count). The van der Waals surface area contributed by atoms with Gasteiger partial charge in [-0.3, -0.25) is 9.59 Å². The summed E-state index contributed by atoms with van der Waals surface area (Å²) in [6, 6.07) is 0.548. The Morgan fingerprint density at radius 3 is 2.70 bits per heavy atom. The molecule has 0 saturated heterocycles. The number of amides is 1. The number of hydrogen-bond acceptors (Lipinski definition) is 4. The maximum Gasteiger partial charge on any atom is 0.288 e. The maximum atomic E-state index is 12.5. The van der Waals surface area contributed by atoms with Crippen molar-refractivity contribution in [2.45, 2.75) is 71.5 Å². The van der Waals surface area contributed by atoms with Gasteiger partial charge in [-0.2, -0.15) is 5.10 Å². The van der Waals surface area contributed by atoms with Crippen molar-refractivity contribution in [2.24, 2.45) is 23.2 Å². The lowest BCUT2D eigenvalue weighted by Gasteiger charge is -2.62. The second-order valence-corrected chi connectivity index (χ2v) is 9.61. The van der Waals surface area contributed by atoms with Crippen molar-refractivity contribution >= 4 is 23.2 Å². The van der Waals surface area contributed by atoms with E-state index < -0.39 is 5.56 Å². The monoisotopic (exact) mass is 392 g/mol. The lowest BCUT2D eigenvalue weighted by atomic mass is 9.45. The molecule has 6 nitrogen and oxygen atoms in total. The van der Waals surface area contributed by atoms with Gasteiger partial charge in [0.2, 0.25) is 5.91 Å². The molecule has 2 N–H and O–H groups in total. The Morgan fingerprint density at radius 2 is 2.11 bits per heavy atom. The molecule has 1 aromatic rings. The molecule has 4 saturated carbocycles. The molecule has 1 heterocycles. The largest absolute Gasteiger partial charge is 0.379 e. The van der Waals surface area contributed by atoms with Crippen LogP contribution >= 0.6 is 11.6 Å². The Kier molecular flexibility index (Phi) is 4.73. The van der Waals surface area contributed by atoms with Crippen molar-refractivity contribution in [3.05, 3.63) is 21.6 Å². The zero-order valence-electron chi connectivity index (χ0n) is 16.3. The highest BCUT2D eigenvalue weighted by Gasteiger charge is 2.56. The van der Waals surface area contributed by atoms with E-state index in [2.05, 4.69) is 36.5 Å². The average Bonchev–Trinajstić information content (AvgIpc) is 2.58. The Labute approximate surface area is 165 Å². The first-order chi connectivity index (χ1) is 12.8. The van der Waals surface area contributed by atoms with Crippen LogP contribution in [0.25, 0.3) is 0 Å². The van der Waals surface area contributed by atoms with Crippen LogP contribution in [0.4, 0.5) is 5.69 Å². The molecule has 0 spiro atoms. The zero-order chi connectivity index (χ0) is 19.3. The summed E-state index contributed by atoms with van der Waals surface area (Å²) in [6.07, 6.45) is 7.14. The predicted molar refractivity (Wildman–Crippen MR) is 106 cm³/mol. The van der Waals surface area contributed by atoms with Gasteiger partial charge in [0.15, 0.2) is 0 Å². The summed E-state index contributed by atoms with van der Waals surface area (Å²) < 4.78 is 1.15. The topological polar surface area (TPSA) is 76.0 Å². The van der Waals surface area contributed by atoms with Crippen molar-refractivity contribution < 1.29 is 4.79 Å². The average molecular weight is 393 g/mol. The summed E-state index contributed by atoms with van der Waals surface area (Å²) in [5.41, 5.74) is 0.573. The molecule has 0 unspecified atom stereocenters. The van der Waals surface area contributed by atoms with Gasteiger partial charge in [-0.15, -0.1) is 0 Å². The highest BCUT2D eigenvalue weighted by atomic mass is 35.5. The lowest BCUT2D eigenvalue weighted by Crippen LogP contribution is -2.58. The van der Waals surface area contributed by atoms with Crippen LogP contribution in [-0.4, -0.2) is 27.8 Å². The Bertz CT molecular complexity index is 802. The molecule has 4 atom stereocenters. The molecule has 0 aromatic carbocycles. The highest BCUT2D eigenvalue weighted by Crippen LogP contribution is 2.61. The van der Waals surface area contributed by atoms with E-state index >= 15 is 0 Å². The molecule has 4 aliphatic rings. The number of hydrogen-bond donors (Lipinski definition) is 2. The number of nitrogens with zero attached hydrogens (tertiary/aromatic N) is 2. The van der Waals surface area contributed by atoms with Gasteiger partial charge in [0.05, 0.1) is 11.9 Å². The summed E-state index contributed by atoms with van der Waals surface area (Å²) in [7, 11) is 0. The van der Waals surface area contributed by atoms with E-state index in [0.29, 0.717) is 29.0 Å². The summed E-state index contributed by atoms with van der Waals surface area (Å²) in [5.74, 6) is 1.76. The SMILES string of the molecule is C[C@@H]1[C@H]2C[C@@H](C[C@H]1Nc1cnn(CC(=O)NC3CCC3)c(=O)c1Cl)C2(C)C. The van der Waals surface area contributed by atoms with Crippen LogP contribution in [0.1, 0.15) is 52.9 Å². The van der Waals surface area contributed by atoms with Crippen molar-refractivity contribution in [3.8, 4) is 0 Å². The van der Waals surface area contributed by atoms with Crippen LogP contribution in [0.15, 0.2) is 11.0 Å². The third-order valence-corrected chi connectivity index (χ3v) is 7.81. The summed E-state index contributed by atoms with van der Waals surface area (Å²) >= 11 is 6.33. The first kappa shape index (κ1) is 18.8. The first-order valence-electron chi connectivity index (χ1n) is 10.1. The molecule has 1 aromatic heterocycles. The van der Waals surface area contributed by atoms with Gasteiger partial charge in [-0.25, -0.2) is 4.68 Å². The fraction of sp³-hybridized carbons (Fsp3) is 0.750. The molecular formula is C20H29ClN4O2. The molecule has 4 aliphatic carbocycles. The summed E-state index contributed by atoms with van der Waals surface area (Å²) in [6.45, 7) is 6.92. The van der Waals surface area contributed by atoms with Gasteiger partial charge in [0.25, 0.3) is 5.56 Å². The van der Waals surface area contributed by atoms with E-state index in [9.17, 15) is 9.59 Å². The summed E-state index contributed by atoms with van der Waals surface area (Å²) in [4.78, 5) is 24.6. The minimum atomic E-state index is -0.417. The smallest absolute Gasteiger partial charge is 0.288 e. The van der Waals surface area contributed by atoms with Crippen molar-refractivity contribution in [1.82, 2.24) is 15.1 Å². The quantitative estimate of drug-likeness (QED) is 0.807. The number of aromatic nitrogens is 2. The minimum Gasteiger partial charge on any atom is -0.379 e. The highest BCUT2D eigenvalue weighted by molar-refractivity contribution is 6.32. The minimum absolute atomic E-state index is 0.0898. The zero-order valence-corrected chi connectivity index (χ0v) is 17.1. The second-order valence-electron chi connectivity index (χ2n) is 9.24. The number of fused-ring (bicyclic) bond motifs is 2. The standard InChI is InChI=1S/C20H29ClN4O2/c1-11-14-7-12(20(14,2)3)8-15(11)24-16-9-22-25(19(27)18(16)21)10-17(26)23-13-5-4-6-13/h9,11-15,24H,4-8,10H2,1-3H3,(H,23,26)/t11-,12+,14-,15-/m1/s1. The van der Waals surface area contributed by atoms with Crippen LogP contribution < -0.4 is 16.2 Å². The number of anilines is 1. The molecule has 27 heavy (non-hydrogen) atoms. The van der Waals surface area contributed by atoms with Gasteiger partial charge in [0, 0.05) is 12.1 Å². The first-order valence-corrected chi connectivity index (χ1v) is 10.5. The van der Waals surface area contributed by atoms with Crippen LogP contribution in [-0.2, 0) is 11.3 Å². The van der Waals surface area contributed by atoms with E-state index in [1.165, 1.54) is 6.42 Å². The number of rotatable bonds is 5. The molecule has 0 aliphatic heterocycles. The normalized spacial score (nSPS) is 31.6. The van der Waals surface area contributed by atoms with E-state index in [0.717, 1.165) is 36.3 Å². The van der Waals surface area contributed by atoms with E-state index in [4.69, 9.17) is 11.6 Å². The Hall–Kier alpha value is -1.56. The van der Waals surface area contributed by atoms with E-state index in [1.54, 1.807) is 6.20 Å². The molecule has 1 amide bonds. The van der Waals surface area contributed by atoms with Crippen molar-refractivity contribution in [3.63, 3.8) is 0 Å². The van der Waals surface area contributed by atoms with Gasteiger partial charge >= 0.3 is 0 Å². The van der Waals surface area contributed by atoms with Gasteiger partial charge < -0.3 is 10.6 Å². The number of halogens is 1. The van der Waals surface area contributed by atoms with Crippen molar-refractivity contribution in [2.75, 3.05) is 5.32 Å². The maximum absolute atomic E-state index is 12.5. The van der Waals surface area contributed by atoms with Gasteiger partial charge in [-0.1, -0.05) is 32.4 Å². The molecule has 0 radical (unpaired) electrons. The van der Waals surface area contributed by atoms with Gasteiger partial charge in [0.1, 0.15) is 11.6 Å². The number of carbonyl (C=O) groups excluding carboxylic acids is 1. The molecule has 7 heteroatoms. The van der Waals surface area contributed by atoms with Crippen LogP contribution in [0.3, 0.4) is 0 Å². The number of carbonyl (C=O) groups is 1. The van der Waals surface area contributed by atoms with E-state index in [1.807, 2.05) is 0 Å². The molecule has 2 bridgehead atoms. The number of nitrogens with one attached hydrogen (secondary N) is 2. The second kappa shape index (κ2) is 6.80. The Balaban J connectivity index is 1.43. The predicted octanol–water partition coefficient (Wildman–Crippen LogP) is 3.05. The third kappa shape index (κ3) is 3.26. The fourth-order valence-corrected chi connectivity index (χ4v) is 5.38. The van der Waals surface area contributed by atoms with Crippen LogP contribution in [0.5, 0.6) is 0 Å². The fourth-order valence-electron chi connectivity index (χ4n) is 5.18. The van der Waals surface area contributed by atoms with Crippen molar-refractivity contribution in [1.29, 1.82) is 0 Å². The Morgan fingerprint density at radius 1 is 1.37 bits per heavy atom.